The van der Waals surface area contributed by atoms with Crippen molar-refractivity contribution in [3.63, 3.8) is 0 Å². The van der Waals surface area contributed by atoms with E-state index in [1.165, 1.54) is 24.2 Å². The van der Waals surface area contributed by atoms with Crippen LogP contribution in [0.1, 0.15) is 25.3 Å². The van der Waals surface area contributed by atoms with E-state index >= 15 is 0 Å². The van der Waals surface area contributed by atoms with Gasteiger partial charge in [0.05, 0.1) is 11.6 Å². The standard InChI is InChI=1S/C14H19Br2NOS/c1-14(4-3-5-19-14)9-17-8-10-6-11(15)7-12(16)13(10)18-2/h6-7,17H,3-5,8-9H2,1-2H3. The topological polar surface area (TPSA) is 21.3 Å². The van der Waals surface area contributed by atoms with Crippen molar-refractivity contribution in [2.45, 2.75) is 31.1 Å². The largest absolute Gasteiger partial charge is 0.495 e. The second-order valence-corrected chi connectivity index (χ2v) is 8.54. The Morgan fingerprint density at radius 1 is 1.42 bits per heavy atom. The Bertz CT molecular complexity index is 447. The highest BCUT2D eigenvalue weighted by atomic mass is 79.9. The number of ether oxygens (including phenoxy) is 1. The van der Waals surface area contributed by atoms with Gasteiger partial charge in [0.1, 0.15) is 5.75 Å². The second-order valence-electron chi connectivity index (χ2n) is 5.09. The molecule has 0 aromatic heterocycles. The number of hydrogen-bond donors (Lipinski definition) is 1. The predicted octanol–water partition coefficient (Wildman–Crippen LogP) is 4.60. The van der Waals surface area contributed by atoms with E-state index in [2.05, 4.69) is 61.9 Å². The highest BCUT2D eigenvalue weighted by molar-refractivity contribution is 9.11. The van der Waals surface area contributed by atoms with Crippen LogP contribution in [0.15, 0.2) is 21.1 Å². The Morgan fingerprint density at radius 3 is 2.84 bits per heavy atom. The van der Waals surface area contributed by atoms with Gasteiger partial charge in [-0.2, -0.15) is 11.8 Å². The fourth-order valence-electron chi connectivity index (χ4n) is 2.41. The van der Waals surface area contributed by atoms with E-state index in [0.717, 1.165) is 27.8 Å². The summed E-state index contributed by atoms with van der Waals surface area (Å²) >= 11 is 9.15. The van der Waals surface area contributed by atoms with E-state index in [4.69, 9.17) is 4.74 Å². The summed E-state index contributed by atoms with van der Waals surface area (Å²) in [6.45, 7) is 4.23. The molecule has 1 aliphatic heterocycles. The first-order valence-corrected chi connectivity index (χ1v) is 8.98. The van der Waals surface area contributed by atoms with Crippen LogP contribution in [0.2, 0.25) is 0 Å². The average Bonchev–Trinajstić information content (AvgIpc) is 2.76. The molecular weight excluding hydrogens is 390 g/mol. The second kappa shape index (κ2) is 6.83. The zero-order valence-electron chi connectivity index (χ0n) is 11.3. The van der Waals surface area contributed by atoms with Crippen molar-refractivity contribution in [3.05, 3.63) is 26.6 Å². The lowest BCUT2D eigenvalue weighted by atomic mass is 10.1. The van der Waals surface area contributed by atoms with Crippen molar-refractivity contribution >= 4 is 43.6 Å². The van der Waals surface area contributed by atoms with Gasteiger partial charge in [0.2, 0.25) is 0 Å². The Kier molecular flexibility index (Phi) is 5.64. The van der Waals surface area contributed by atoms with Gasteiger partial charge >= 0.3 is 0 Å². The third-order valence-electron chi connectivity index (χ3n) is 3.40. The van der Waals surface area contributed by atoms with Gasteiger partial charge in [0, 0.05) is 27.9 Å². The molecule has 1 unspecified atom stereocenters. The van der Waals surface area contributed by atoms with Crippen molar-refractivity contribution in [2.75, 3.05) is 19.4 Å². The molecular formula is C14H19Br2NOS. The van der Waals surface area contributed by atoms with E-state index < -0.39 is 0 Å². The number of benzene rings is 1. The molecule has 0 spiro atoms. The summed E-state index contributed by atoms with van der Waals surface area (Å²) in [5.74, 6) is 2.21. The summed E-state index contributed by atoms with van der Waals surface area (Å²) in [5.41, 5.74) is 1.18. The molecule has 1 aliphatic rings. The van der Waals surface area contributed by atoms with Crippen molar-refractivity contribution in [2.24, 2.45) is 0 Å². The zero-order valence-corrected chi connectivity index (χ0v) is 15.3. The van der Waals surface area contributed by atoms with Crippen LogP contribution < -0.4 is 10.1 Å². The first-order valence-electron chi connectivity index (χ1n) is 6.41. The van der Waals surface area contributed by atoms with Gasteiger partial charge in [0.15, 0.2) is 0 Å². The quantitative estimate of drug-likeness (QED) is 0.769. The fraction of sp³-hybridized carbons (Fsp3) is 0.571. The molecule has 5 heteroatoms. The third-order valence-corrected chi connectivity index (χ3v) is 5.99. The summed E-state index contributed by atoms with van der Waals surface area (Å²) in [6.07, 6.45) is 2.65. The van der Waals surface area contributed by atoms with Gasteiger partial charge < -0.3 is 10.1 Å². The van der Waals surface area contributed by atoms with E-state index in [9.17, 15) is 0 Å². The van der Waals surface area contributed by atoms with Crippen LogP contribution >= 0.6 is 43.6 Å². The molecule has 1 aromatic rings. The lowest BCUT2D eigenvalue weighted by Crippen LogP contribution is -2.32. The summed E-state index contributed by atoms with van der Waals surface area (Å²) in [5, 5.41) is 3.57. The molecule has 0 amide bonds. The lowest BCUT2D eigenvalue weighted by molar-refractivity contribution is 0.404. The monoisotopic (exact) mass is 407 g/mol. The molecule has 0 radical (unpaired) electrons. The van der Waals surface area contributed by atoms with Crippen LogP contribution in [0, 0.1) is 0 Å². The molecule has 1 saturated heterocycles. The van der Waals surface area contributed by atoms with Crippen LogP contribution in [0.3, 0.4) is 0 Å². The van der Waals surface area contributed by atoms with Crippen LogP contribution in [-0.2, 0) is 6.54 Å². The molecule has 19 heavy (non-hydrogen) atoms. The molecule has 1 aromatic carbocycles. The van der Waals surface area contributed by atoms with Crippen molar-refractivity contribution in [3.8, 4) is 5.75 Å². The maximum absolute atomic E-state index is 5.47. The predicted molar refractivity (Wildman–Crippen MR) is 90.2 cm³/mol. The van der Waals surface area contributed by atoms with Crippen LogP contribution in [0.25, 0.3) is 0 Å². The van der Waals surface area contributed by atoms with Gasteiger partial charge in [-0.25, -0.2) is 0 Å². The summed E-state index contributed by atoms with van der Waals surface area (Å²) in [4.78, 5) is 0. The molecule has 106 valence electrons. The number of halogens is 2. The van der Waals surface area contributed by atoms with E-state index in [1.54, 1.807) is 7.11 Å². The molecule has 0 aliphatic carbocycles. The van der Waals surface area contributed by atoms with E-state index in [-0.39, 0.29) is 0 Å². The maximum Gasteiger partial charge on any atom is 0.137 e. The Morgan fingerprint density at radius 2 is 2.21 bits per heavy atom. The van der Waals surface area contributed by atoms with Crippen LogP contribution in [0.5, 0.6) is 5.75 Å². The van der Waals surface area contributed by atoms with Gasteiger partial charge in [-0.15, -0.1) is 0 Å². The number of hydrogen-bond acceptors (Lipinski definition) is 3. The number of thioether (sulfide) groups is 1. The fourth-order valence-corrected chi connectivity index (χ4v) is 5.16. The smallest absolute Gasteiger partial charge is 0.137 e. The number of nitrogens with one attached hydrogen (secondary N) is 1. The Balaban J connectivity index is 1.99. The Labute approximate surface area is 136 Å². The first-order chi connectivity index (χ1) is 9.04. The minimum atomic E-state index is 0.399. The molecule has 2 rings (SSSR count). The van der Waals surface area contributed by atoms with Gasteiger partial charge in [-0.1, -0.05) is 15.9 Å². The van der Waals surface area contributed by atoms with Crippen molar-refractivity contribution < 1.29 is 4.74 Å². The summed E-state index contributed by atoms with van der Waals surface area (Å²) < 4.78 is 7.92. The van der Waals surface area contributed by atoms with Crippen molar-refractivity contribution in [1.29, 1.82) is 0 Å². The van der Waals surface area contributed by atoms with Gasteiger partial charge in [-0.05, 0) is 53.6 Å². The zero-order chi connectivity index (χ0) is 13.9. The molecule has 0 saturated carbocycles. The molecule has 1 heterocycles. The minimum absolute atomic E-state index is 0.399. The molecule has 1 N–H and O–H groups in total. The normalized spacial score (nSPS) is 22.7. The molecule has 1 fully saturated rings. The SMILES string of the molecule is COc1c(Br)cc(Br)cc1CNCC1(C)CCCS1. The van der Waals surface area contributed by atoms with E-state index in [1.807, 2.05) is 6.07 Å². The molecule has 0 bridgehead atoms. The highest BCUT2D eigenvalue weighted by Crippen LogP contribution is 2.37. The summed E-state index contributed by atoms with van der Waals surface area (Å²) in [7, 11) is 1.71. The lowest BCUT2D eigenvalue weighted by Gasteiger charge is -2.23. The average molecular weight is 409 g/mol. The van der Waals surface area contributed by atoms with Gasteiger partial charge in [0.25, 0.3) is 0 Å². The Hall–Kier alpha value is 0.290. The molecule has 2 nitrogen and oxygen atoms in total. The summed E-state index contributed by atoms with van der Waals surface area (Å²) in [6, 6.07) is 4.12. The van der Waals surface area contributed by atoms with Crippen molar-refractivity contribution in [1.82, 2.24) is 5.32 Å². The number of rotatable bonds is 5. The number of methoxy groups -OCH3 is 1. The van der Waals surface area contributed by atoms with Crippen LogP contribution in [-0.4, -0.2) is 24.2 Å². The third kappa shape index (κ3) is 4.13. The maximum atomic E-state index is 5.47. The van der Waals surface area contributed by atoms with E-state index in [0.29, 0.717) is 4.75 Å². The molecule has 1 atom stereocenters. The van der Waals surface area contributed by atoms with Crippen LogP contribution in [0.4, 0.5) is 0 Å². The minimum Gasteiger partial charge on any atom is -0.495 e. The van der Waals surface area contributed by atoms with Gasteiger partial charge in [-0.3, -0.25) is 0 Å². The first kappa shape index (κ1) is 15.7. The highest BCUT2D eigenvalue weighted by Gasteiger charge is 2.28.